The van der Waals surface area contributed by atoms with Gasteiger partial charge in [0.05, 0.1) is 5.69 Å². The molecule has 1 heterocycles. The first-order chi connectivity index (χ1) is 9.81. The maximum Gasteiger partial charge on any atom is 0.260 e. The predicted octanol–water partition coefficient (Wildman–Crippen LogP) is 2.81. The van der Waals surface area contributed by atoms with Crippen molar-refractivity contribution in [2.24, 2.45) is 11.8 Å². The van der Waals surface area contributed by atoms with E-state index >= 15 is 0 Å². The first kappa shape index (κ1) is 15.8. The van der Waals surface area contributed by atoms with Crippen LogP contribution in [0.1, 0.15) is 39.4 Å². The van der Waals surface area contributed by atoms with Crippen LogP contribution in [-0.2, 0) is 4.79 Å². The summed E-state index contributed by atoms with van der Waals surface area (Å²) in [6, 6.07) is 5.91. The van der Waals surface area contributed by atoms with Gasteiger partial charge in [-0.15, -0.1) is 0 Å². The lowest BCUT2D eigenvalue weighted by Crippen LogP contribution is -2.31. The maximum absolute atomic E-state index is 11.9. The van der Waals surface area contributed by atoms with Crippen molar-refractivity contribution in [1.82, 2.24) is 0 Å². The summed E-state index contributed by atoms with van der Waals surface area (Å²) in [5.41, 5.74) is 2.65. The summed E-state index contributed by atoms with van der Waals surface area (Å²) in [7, 11) is 1.72. The molecular weight excluding hydrogens is 264 g/mol. The molecule has 0 radical (unpaired) electrons. The van der Waals surface area contributed by atoms with Gasteiger partial charge in [-0.1, -0.05) is 33.8 Å². The minimum absolute atomic E-state index is 0.249. The molecule has 0 aromatic heterocycles. The van der Waals surface area contributed by atoms with E-state index in [2.05, 4.69) is 32.6 Å². The zero-order valence-corrected chi connectivity index (χ0v) is 13.6. The lowest BCUT2D eigenvalue weighted by Gasteiger charge is -2.29. The Balaban J connectivity index is 2.33. The Morgan fingerprint density at radius 2 is 1.76 bits per heavy atom. The topological polar surface area (TPSA) is 43.8 Å². The minimum atomic E-state index is -1.01. The molecule has 1 aliphatic heterocycles. The van der Waals surface area contributed by atoms with Crippen molar-refractivity contribution in [3.05, 3.63) is 23.8 Å². The number of anilines is 2. The van der Waals surface area contributed by atoms with Crippen LogP contribution in [0.25, 0.3) is 0 Å². The van der Waals surface area contributed by atoms with Crippen molar-refractivity contribution < 1.29 is 9.90 Å². The Kier molecular flexibility index (Phi) is 4.57. The molecule has 4 heteroatoms. The largest absolute Gasteiger partial charge is 0.378 e. The summed E-state index contributed by atoms with van der Waals surface area (Å²) in [4.78, 5) is 15.8. The molecule has 0 saturated heterocycles. The zero-order valence-electron chi connectivity index (χ0n) is 13.6. The van der Waals surface area contributed by atoms with E-state index in [1.54, 1.807) is 11.9 Å². The highest BCUT2D eigenvalue weighted by Crippen LogP contribution is 2.37. The fourth-order valence-corrected chi connectivity index (χ4v) is 2.85. The van der Waals surface area contributed by atoms with Crippen LogP contribution < -0.4 is 9.80 Å². The number of hydrogen-bond donors (Lipinski definition) is 1. The Morgan fingerprint density at radius 3 is 2.29 bits per heavy atom. The van der Waals surface area contributed by atoms with Gasteiger partial charge in [-0.3, -0.25) is 4.79 Å². The molecule has 4 nitrogen and oxygen atoms in total. The first-order valence-corrected chi connectivity index (χ1v) is 7.65. The standard InChI is InChI=1S/C17H26N2O2/c1-11(2)9-19(10-12(3)4)13-6-7-14-15(8-13)18(5)17(21)16(14)20/h6-8,11-12,16,20H,9-10H2,1-5H3. The number of carbonyl (C=O) groups is 1. The molecule has 0 aliphatic carbocycles. The average Bonchev–Trinajstić information content (AvgIpc) is 2.62. The second-order valence-electron chi connectivity index (χ2n) is 6.74. The second-order valence-corrected chi connectivity index (χ2v) is 6.74. The van der Waals surface area contributed by atoms with E-state index in [-0.39, 0.29) is 5.91 Å². The second kappa shape index (κ2) is 6.06. The summed E-state index contributed by atoms with van der Waals surface area (Å²) in [6.07, 6.45) is -1.01. The van der Waals surface area contributed by atoms with Crippen LogP contribution in [0.3, 0.4) is 0 Å². The van der Waals surface area contributed by atoms with Gasteiger partial charge in [0.2, 0.25) is 0 Å². The lowest BCUT2D eigenvalue weighted by molar-refractivity contribution is -0.125. The molecule has 1 aliphatic rings. The van der Waals surface area contributed by atoms with Gasteiger partial charge in [0, 0.05) is 31.4 Å². The molecule has 116 valence electrons. The normalized spacial score (nSPS) is 17.8. The van der Waals surface area contributed by atoms with E-state index in [0.717, 1.165) is 24.5 Å². The Bertz CT molecular complexity index is 516. The van der Waals surface area contributed by atoms with E-state index < -0.39 is 6.10 Å². The molecule has 0 spiro atoms. The number of carbonyl (C=O) groups excluding carboxylic acids is 1. The molecule has 1 atom stereocenters. The molecule has 0 saturated carbocycles. The number of aliphatic hydroxyl groups is 1. The van der Waals surface area contributed by atoms with Crippen LogP contribution in [0.15, 0.2) is 18.2 Å². The SMILES string of the molecule is CC(C)CN(CC(C)C)c1ccc2c(c1)N(C)C(=O)C2O. The van der Waals surface area contributed by atoms with Crippen molar-refractivity contribution in [1.29, 1.82) is 0 Å². The summed E-state index contributed by atoms with van der Waals surface area (Å²) < 4.78 is 0. The van der Waals surface area contributed by atoms with Crippen molar-refractivity contribution in [2.75, 3.05) is 29.9 Å². The van der Waals surface area contributed by atoms with E-state index in [0.29, 0.717) is 17.4 Å². The number of benzene rings is 1. The van der Waals surface area contributed by atoms with Crippen molar-refractivity contribution in [3.8, 4) is 0 Å². The van der Waals surface area contributed by atoms with Gasteiger partial charge in [-0.2, -0.15) is 0 Å². The van der Waals surface area contributed by atoms with Crippen LogP contribution >= 0.6 is 0 Å². The summed E-state index contributed by atoms with van der Waals surface area (Å²) in [6.45, 7) is 10.8. The molecule has 1 N–H and O–H groups in total. The van der Waals surface area contributed by atoms with Crippen LogP contribution in [0.4, 0.5) is 11.4 Å². The van der Waals surface area contributed by atoms with Crippen molar-refractivity contribution in [2.45, 2.75) is 33.8 Å². The monoisotopic (exact) mass is 290 g/mol. The Morgan fingerprint density at radius 1 is 1.19 bits per heavy atom. The van der Waals surface area contributed by atoms with E-state index in [4.69, 9.17) is 0 Å². The third-order valence-electron chi connectivity index (χ3n) is 3.77. The minimum Gasteiger partial charge on any atom is -0.378 e. The molecular formula is C17H26N2O2. The smallest absolute Gasteiger partial charge is 0.260 e. The highest BCUT2D eigenvalue weighted by molar-refractivity contribution is 6.03. The number of fused-ring (bicyclic) bond motifs is 1. The quantitative estimate of drug-likeness (QED) is 0.907. The van der Waals surface area contributed by atoms with E-state index in [1.807, 2.05) is 18.2 Å². The molecule has 1 aromatic rings. The summed E-state index contributed by atoms with van der Waals surface area (Å²) in [5, 5.41) is 9.94. The highest BCUT2D eigenvalue weighted by atomic mass is 16.3. The number of rotatable bonds is 5. The van der Waals surface area contributed by atoms with Crippen LogP contribution in [0.2, 0.25) is 0 Å². The van der Waals surface area contributed by atoms with Gasteiger partial charge in [0.1, 0.15) is 0 Å². The molecule has 0 bridgehead atoms. The molecule has 1 amide bonds. The number of amides is 1. The highest BCUT2D eigenvalue weighted by Gasteiger charge is 2.33. The molecule has 1 unspecified atom stereocenters. The van der Waals surface area contributed by atoms with Crippen molar-refractivity contribution in [3.63, 3.8) is 0 Å². The zero-order chi connectivity index (χ0) is 15.7. The Labute approximate surface area is 127 Å². The van der Waals surface area contributed by atoms with E-state index in [9.17, 15) is 9.90 Å². The lowest BCUT2D eigenvalue weighted by atomic mass is 10.1. The predicted molar refractivity (Wildman–Crippen MR) is 86.7 cm³/mol. The number of likely N-dealkylation sites (N-methyl/N-ethyl adjacent to an activating group) is 1. The third-order valence-corrected chi connectivity index (χ3v) is 3.77. The van der Waals surface area contributed by atoms with Gasteiger partial charge in [0.15, 0.2) is 6.10 Å². The average molecular weight is 290 g/mol. The van der Waals surface area contributed by atoms with Crippen LogP contribution in [0, 0.1) is 11.8 Å². The van der Waals surface area contributed by atoms with E-state index in [1.165, 1.54) is 0 Å². The summed E-state index contributed by atoms with van der Waals surface area (Å²) in [5.74, 6) is 0.894. The van der Waals surface area contributed by atoms with Crippen molar-refractivity contribution >= 4 is 17.3 Å². The maximum atomic E-state index is 11.9. The molecule has 0 fully saturated rings. The van der Waals surface area contributed by atoms with Crippen LogP contribution in [0.5, 0.6) is 0 Å². The molecule has 21 heavy (non-hydrogen) atoms. The first-order valence-electron chi connectivity index (χ1n) is 7.65. The number of hydrogen-bond acceptors (Lipinski definition) is 3. The fraction of sp³-hybridized carbons (Fsp3) is 0.588. The molecule has 1 aromatic carbocycles. The van der Waals surface area contributed by atoms with Gasteiger partial charge < -0.3 is 14.9 Å². The van der Waals surface area contributed by atoms with Gasteiger partial charge in [-0.25, -0.2) is 0 Å². The van der Waals surface area contributed by atoms with Gasteiger partial charge in [0.25, 0.3) is 5.91 Å². The number of aliphatic hydroxyl groups excluding tert-OH is 1. The third kappa shape index (κ3) is 3.21. The molecule has 2 rings (SSSR count). The number of nitrogens with zero attached hydrogens (tertiary/aromatic N) is 2. The van der Waals surface area contributed by atoms with Gasteiger partial charge >= 0.3 is 0 Å². The van der Waals surface area contributed by atoms with Crippen LogP contribution in [-0.4, -0.2) is 31.2 Å². The summed E-state index contributed by atoms with van der Waals surface area (Å²) >= 11 is 0. The Hall–Kier alpha value is -1.55. The van der Waals surface area contributed by atoms with Gasteiger partial charge in [-0.05, 0) is 24.0 Å². The fourth-order valence-electron chi connectivity index (χ4n) is 2.85.